The van der Waals surface area contributed by atoms with E-state index in [1.54, 1.807) is 12.1 Å². The minimum absolute atomic E-state index is 0.249. The molecule has 1 amide bonds. The third kappa shape index (κ3) is 4.47. The molecule has 2 aromatic carbocycles. The lowest BCUT2D eigenvalue weighted by Crippen LogP contribution is -2.10. The number of carbonyl (C=O) groups is 1. The van der Waals surface area contributed by atoms with Crippen LogP contribution in [0.5, 0.6) is 5.75 Å². The van der Waals surface area contributed by atoms with Gasteiger partial charge in [-0.15, -0.1) is 0 Å². The summed E-state index contributed by atoms with van der Waals surface area (Å²) in [6.45, 7) is 2.57. The average Bonchev–Trinajstić information content (AvgIpc) is 3.41. The van der Waals surface area contributed by atoms with E-state index < -0.39 is 0 Å². The van der Waals surface area contributed by atoms with Crippen LogP contribution in [0.25, 0.3) is 11.3 Å². The Morgan fingerprint density at radius 2 is 1.86 bits per heavy atom. The van der Waals surface area contributed by atoms with Gasteiger partial charge < -0.3 is 19.8 Å². The molecule has 2 heterocycles. The summed E-state index contributed by atoms with van der Waals surface area (Å²) in [7, 11) is 0. The van der Waals surface area contributed by atoms with Crippen molar-refractivity contribution in [3.63, 3.8) is 0 Å². The second-order valence-corrected chi connectivity index (χ2v) is 7.08. The standard InChI is InChI=1S/C22H19N3O3S/c1-2-27-17-12-10-16(11-13-17)23-22-24-19(15-7-4-3-5-8-15)21(29-22)25-20(26)18-9-6-14-28-18/h3-14H,2H2,1H3,(H,23,24)(H,25,26). The van der Waals surface area contributed by atoms with Gasteiger partial charge in [-0.1, -0.05) is 41.7 Å². The fraction of sp³-hybridized carbons (Fsp3) is 0.0909. The summed E-state index contributed by atoms with van der Waals surface area (Å²) in [5.41, 5.74) is 2.49. The molecule has 6 nitrogen and oxygen atoms in total. The third-order valence-corrected chi connectivity index (χ3v) is 4.95. The molecule has 146 valence electrons. The Balaban J connectivity index is 1.61. The zero-order valence-electron chi connectivity index (χ0n) is 15.7. The first-order chi connectivity index (χ1) is 14.2. The topological polar surface area (TPSA) is 76.4 Å². The van der Waals surface area contributed by atoms with Crippen molar-refractivity contribution < 1.29 is 13.9 Å². The van der Waals surface area contributed by atoms with E-state index in [2.05, 4.69) is 10.6 Å². The highest BCUT2D eigenvalue weighted by atomic mass is 32.1. The summed E-state index contributed by atoms with van der Waals surface area (Å²) < 4.78 is 10.7. The fourth-order valence-corrected chi connectivity index (χ4v) is 3.65. The smallest absolute Gasteiger partial charge is 0.292 e. The Labute approximate surface area is 172 Å². The van der Waals surface area contributed by atoms with E-state index in [9.17, 15) is 4.79 Å². The molecule has 7 heteroatoms. The molecule has 0 unspecified atom stereocenters. The van der Waals surface area contributed by atoms with Gasteiger partial charge >= 0.3 is 0 Å². The predicted molar refractivity (Wildman–Crippen MR) is 115 cm³/mol. The molecule has 2 N–H and O–H groups in total. The van der Waals surface area contributed by atoms with Gasteiger partial charge in [0.1, 0.15) is 16.4 Å². The number of carbonyl (C=O) groups excluding carboxylic acids is 1. The summed E-state index contributed by atoms with van der Waals surface area (Å²) in [5, 5.41) is 7.51. The monoisotopic (exact) mass is 405 g/mol. The van der Waals surface area contributed by atoms with Gasteiger partial charge in [-0.05, 0) is 43.3 Å². The van der Waals surface area contributed by atoms with E-state index in [4.69, 9.17) is 14.1 Å². The second kappa shape index (κ2) is 8.62. The van der Waals surface area contributed by atoms with Crippen LogP contribution in [0, 0.1) is 0 Å². The fourth-order valence-electron chi connectivity index (χ4n) is 2.75. The number of benzene rings is 2. The van der Waals surface area contributed by atoms with Gasteiger partial charge in [0.25, 0.3) is 5.91 Å². The molecule has 29 heavy (non-hydrogen) atoms. The van der Waals surface area contributed by atoms with Crippen LogP contribution in [0.2, 0.25) is 0 Å². The van der Waals surface area contributed by atoms with Crippen LogP contribution in [0.15, 0.2) is 77.4 Å². The molecule has 0 aliphatic carbocycles. The van der Waals surface area contributed by atoms with E-state index in [0.29, 0.717) is 22.4 Å². The lowest BCUT2D eigenvalue weighted by Gasteiger charge is -2.05. The second-order valence-electron chi connectivity index (χ2n) is 6.08. The van der Waals surface area contributed by atoms with E-state index in [0.717, 1.165) is 17.0 Å². The van der Waals surface area contributed by atoms with Crippen LogP contribution in [-0.4, -0.2) is 17.5 Å². The number of furan rings is 1. The van der Waals surface area contributed by atoms with Crippen molar-refractivity contribution >= 4 is 33.1 Å². The summed E-state index contributed by atoms with van der Waals surface area (Å²) >= 11 is 1.36. The Hall–Kier alpha value is -3.58. The van der Waals surface area contributed by atoms with Gasteiger partial charge in [-0.3, -0.25) is 4.79 Å². The van der Waals surface area contributed by atoms with Crippen LogP contribution in [-0.2, 0) is 0 Å². The molecule has 0 fully saturated rings. The maximum Gasteiger partial charge on any atom is 0.292 e. The Morgan fingerprint density at radius 1 is 1.07 bits per heavy atom. The van der Waals surface area contributed by atoms with Gasteiger partial charge in [0.15, 0.2) is 10.9 Å². The normalized spacial score (nSPS) is 10.5. The summed E-state index contributed by atoms with van der Waals surface area (Å²) in [6.07, 6.45) is 1.47. The van der Waals surface area contributed by atoms with Crippen molar-refractivity contribution in [2.24, 2.45) is 0 Å². The van der Waals surface area contributed by atoms with Gasteiger partial charge in [-0.2, -0.15) is 0 Å². The lowest BCUT2D eigenvalue weighted by atomic mass is 10.2. The highest BCUT2D eigenvalue weighted by molar-refractivity contribution is 7.20. The maximum atomic E-state index is 12.5. The van der Waals surface area contributed by atoms with E-state index in [-0.39, 0.29) is 11.7 Å². The van der Waals surface area contributed by atoms with Crippen molar-refractivity contribution in [2.45, 2.75) is 6.92 Å². The summed E-state index contributed by atoms with van der Waals surface area (Å²) in [6, 6.07) is 20.7. The van der Waals surface area contributed by atoms with Crippen LogP contribution in [0.1, 0.15) is 17.5 Å². The van der Waals surface area contributed by atoms with Crippen molar-refractivity contribution in [1.82, 2.24) is 4.98 Å². The molecule has 2 aromatic heterocycles. The number of hydrogen-bond donors (Lipinski definition) is 2. The highest BCUT2D eigenvalue weighted by Gasteiger charge is 2.18. The molecule has 0 radical (unpaired) electrons. The zero-order valence-corrected chi connectivity index (χ0v) is 16.5. The average molecular weight is 405 g/mol. The molecule has 4 aromatic rings. The van der Waals surface area contributed by atoms with E-state index in [1.165, 1.54) is 17.6 Å². The van der Waals surface area contributed by atoms with E-state index >= 15 is 0 Å². The first-order valence-electron chi connectivity index (χ1n) is 9.14. The number of nitrogens with one attached hydrogen (secondary N) is 2. The maximum absolute atomic E-state index is 12.5. The van der Waals surface area contributed by atoms with Crippen LogP contribution in [0.3, 0.4) is 0 Å². The van der Waals surface area contributed by atoms with Crippen LogP contribution in [0.4, 0.5) is 15.8 Å². The molecule has 0 saturated carbocycles. The number of aromatic nitrogens is 1. The largest absolute Gasteiger partial charge is 0.494 e. The first-order valence-corrected chi connectivity index (χ1v) is 9.95. The van der Waals surface area contributed by atoms with Crippen LogP contribution >= 0.6 is 11.3 Å². The van der Waals surface area contributed by atoms with Gasteiger partial charge in [0.05, 0.1) is 12.9 Å². The molecule has 4 rings (SSSR count). The molecular weight excluding hydrogens is 386 g/mol. The summed E-state index contributed by atoms with van der Waals surface area (Å²) in [5.74, 6) is 0.746. The highest BCUT2D eigenvalue weighted by Crippen LogP contribution is 2.37. The zero-order chi connectivity index (χ0) is 20.1. The lowest BCUT2D eigenvalue weighted by molar-refractivity contribution is 0.0997. The van der Waals surface area contributed by atoms with Gasteiger partial charge in [-0.25, -0.2) is 4.98 Å². The number of amides is 1. The van der Waals surface area contributed by atoms with Crippen molar-refractivity contribution in [2.75, 3.05) is 17.2 Å². The molecule has 0 atom stereocenters. The number of hydrogen-bond acceptors (Lipinski definition) is 6. The third-order valence-electron chi connectivity index (χ3n) is 4.06. The molecule has 0 spiro atoms. The Morgan fingerprint density at radius 3 is 2.55 bits per heavy atom. The minimum Gasteiger partial charge on any atom is -0.494 e. The van der Waals surface area contributed by atoms with Crippen molar-refractivity contribution in [3.8, 4) is 17.0 Å². The number of rotatable bonds is 7. The molecule has 0 aliphatic heterocycles. The Kier molecular flexibility index (Phi) is 5.58. The number of anilines is 3. The SMILES string of the molecule is CCOc1ccc(Nc2nc(-c3ccccc3)c(NC(=O)c3ccco3)s2)cc1. The summed E-state index contributed by atoms with van der Waals surface area (Å²) in [4.78, 5) is 17.2. The quantitative estimate of drug-likeness (QED) is 0.406. The van der Waals surface area contributed by atoms with Gasteiger partial charge in [0.2, 0.25) is 0 Å². The van der Waals surface area contributed by atoms with Crippen molar-refractivity contribution in [3.05, 3.63) is 78.8 Å². The number of nitrogens with zero attached hydrogens (tertiary/aromatic N) is 1. The van der Waals surface area contributed by atoms with E-state index in [1.807, 2.05) is 61.5 Å². The first kappa shape index (κ1) is 18.8. The minimum atomic E-state index is -0.316. The predicted octanol–water partition coefficient (Wildman–Crippen LogP) is 5.80. The molecular formula is C22H19N3O3S. The van der Waals surface area contributed by atoms with Crippen LogP contribution < -0.4 is 15.4 Å². The molecule has 0 bridgehead atoms. The number of thiazole rings is 1. The number of ether oxygens (including phenoxy) is 1. The Bertz CT molecular complexity index is 1070. The molecule has 0 aliphatic rings. The van der Waals surface area contributed by atoms with Crippen molar-refractivity contribution in [1.29, 1.82) is 0 Å². The molecule has 0 saturated heterocycles. The van der Waals surface area contributed by atoms with Gasteiger partial charge in [0, 0.05) is 11.3 Å².